The van der Waals surface area contributed by atoms with E-state index >= 15 is 0 Å². The second-order valence-corrected chi connectivity index (χ2v) is 8.68. The van der Waals surface area contributed by atoms with Gasteiger partial charge in [0.15, 0.2) is 0 Å². The van der Waals surface area contributed by atoms with Crippen LogP contribution in [0.25, 0.3) is 0 Å². The molecule has 2 unspecified atom stereocenters. The van der Waals surface area contributed by atoms with E-state index in [2.05, 4.69) is 17.6 Å². The maximum Gasteiger partial charge on any atom is 0.407 e. The number of carbonyl (C=O) groups excluding carboxylic acids is 3. The molecule has 0 saturated heterocycles. The van der Waals surface area contributed by atoms with Gasteiger partial charge in [-0.05, 0) is 50.9 Å². The summed E-state index contributed by atoms with van der Waals surface area (Å²) in [5.41, 5.74) is 0. The average Bonchev–Trinajstić information content (AvgIpc) is 2.79. The zero-order valence-electron chi connectivity index (χ0n) is 21.1. The van der Waals surface area contributed by atoms with Gasteiger partial charge >= 0.3 is 6.09 Å². The number of amides is 2. The van der Waals surface area contributed by atoms with Crippen molar-refractivity contribution in [2.24, 2.45) is 17.8 Å². The van der Waals surface area contributed by atoms with Crippen LogP contribution < -0.4 is 10.6 Å². The molecule has 0 aliphatic carbocycles. The van der Waals surface area contributed by atoms with Crippen LogP contribution in [0.15, 0.2) is 0 Å². The lowest BCUT2D eigenvalue weighted by atomic mass is 9.94. The molecule has 0 rings (SSSR count). The third kappa shape index (κ3) is 13.0. The Labute approximate surface area is 195 Å². The Hall–Kier alpha value is -1.63. The monoisotopic (exact) mass is 456 g/mol. The Morgan fingerprint density at radius 2 is 1.44 bits per heavy atom. The molecule has 0 aromatic heterocycles. The number of aliphatic hydroxyl groups is 1. The summed E-state index contributed by atoms with van der Waals surface area (Å²) >= 11 is 0. The summed E-state index contributed by atoms with van der Waals surface area (Å²) in [6, 6.07) is 0. The molecular weight excluding hydrogens is 408 g/mol. The summed E-state index contributed by atoms with van der Waals surface area (Å²) < 4.78 is 5.56. The number of hydrogen-bond donors (Lipinski definition) is 3. The molecule has 0 radical (unpaired) electrons. The molecule has 0 spiro atoms. The average molecular weight is 457 g/mol. The quantitative estimate of drug-likeness (QED) is 0.246. The summed E-state index contributed by atoms with van der Waals surface area (Å²) in [4.78, 5) is 37.0. The van der Waals surface area contributed by atoms with Crippen molar-refractivity contribution >= 4 is 17.8 Å². The molecule has 188 valence electrons. The van der Waals surface area contributed by atoms with E-state index in [0.29, 0.717) is 25.3 Å². The van der Waals surface area contributed by atoms with Crippen LogP contribution >= 0.6 is 0 Å². The molecule has 3 N–H and O–H groups in total. The van der Waals surface area contributed by atoms with E-state index in [1.165, 1.54) is 0 Å². The van der Waals surface area contributed by atoms with Crippen molar-refractivity contribution in [3.8, 4) is 0 Å². The van der Waals surface area contributed by atoms with Crippen molar-refractivity contribution in [3.05, 3.63) is 0 Å². The van der Waals surface area contributed by atoms with E-state index in [-0.39, 0.29) is 36.7 Å². The maximum absolute atomic E-state index is 12.4. The standard InChI is InChI=1S/C25H48N2O5/c1-6-19(18-28)13-11-12-16-26-25(31)32-22(14-15-23(29)20(7-2)8-3)17-27-24(30)21(9-4)10-5/h19-22,28H,6-18H2,1-5H3,(H,26,31)(H,27,30). The SMILES string of the molecule is CCC(CO)CCCCNC(=O)OC(CCC(=O)C(CC)CC)CNC(=O)C(CC)CC. The number of aliphatic hydroxyl groups excluding tert-OH is 1. The molecule has 0 fully saturated rings. The molecule has 2 amide bonds. The number of hydrogen-bond acceptors (Lipinski definition) is 5. The van der Waals surface area contributed by atoms with Crippen molar-refractivity contribution in [2.45, 2.75) is 105 Å². The van der Waals surface area contributed by atoms with Gasteiger partial charge in [0.05, 0.1) is 6.54 Å². The molecule has 2 atom stereocenters. The highest BCUT2D eigenvalue weighted by molar-refractivity contribution is 5.81. The number of nitrogens with one attached hydrogen (secondary N) is 2. The number of alkyl carbamates (subject to hydrolysis) is 1. The van der Waals surface area contributed by atoms with Gasteiger partial charge in [0.1, 0.15) is 11.9 Å². The summed E-state index contributed by atoms with van der Waals surface area (Å²) in [6.45, 7) is 10.9. The third-order valence-electron chi connectivity index (χ3n) is 6.43. The smallest absolute Gasteiger partial charge is 0.407 e. The minimum Gasteiger partial charge on any atom is -0.444 e. The largest absolute Gasteiger partial charge is 0.444 e. The number of Topliss-reactive ketones (excluding diaryl/α,β-unsaturated/α-hetero) is 1. The van der Waals surface area contributed by atoms with Gasteiger partial charge in [0, 0.05) is 31.4 Å². The normalized spacial score (nSPS) is 13.1. The molecule has 0 aromatic carbocycles. The maximum atomic E-state index is 12.4. The highest BCUT2D eigenvalue weighted by Crippen LogP contribution is 2.15. The van der Waals surface area contributed by atoms with E-state index < -0.39 is 12.2 Å². The summed E-state index contributed by atoms with van der Waals surface area (Å²) in [7, 11) is 0. The molecule has 32 heavy (non-hydrogen) atoms. The second kappa shape index (κ2) is 18.9. The number of rotatable bonds is 19. The van der Waals surface area contributed by atoms with Crippen LogP contribution in [0.1, 0.15) is 98.8 Å². The van der Waals surface area contributed by atoms with E-state index in [1.807, 2.05) is 27.7 Å². The van der Waals surface area contributed by atoms with Crippen LogP contribution in [0.3, 0.4) is 0 Å². The minimum absolute atomic E-state index is 0.0366. The number of unbranched alkanes of at least 4 members (excludes halogenated alkanes) is 1. The van der Waals surface area contributed by atoms with Crippen LogP contribution in [0.4, 0.5) is 4.79 Å². The van der Waals surface area contributed by atoms with Gasteiger partial charge in [-0.25, -0.2) is 4.79 Å². The molecule has 0 heterocycles. The highest BCUT2D eigenvalue weighted by atomic mass is 16.6. The number of carbonyl (C=O) groups is 3. The second-order valence-electron chi connectivity index (χ2n) is 8.68. The zero-order chi connectivity index (χ0) is 24.4. The van der Waals surface area contributed by atoms with Crippen LogP contribution in [0, 0.1) is 17.8 Å². The first-order chi connectivity index (χ1) is 15.4. The Morgan fingerprint density at radius 1 is 0.812 bits per heavy atom. The first-order valence-electron chi connectivity index (χ1n) is 12.7. The molecule has 0 aromatic rings. The lowest BCUT2D eigenvalue weighted by molar-refractivity contribution is -0.125. The zero-order valence-corrected chi connectivity index (χ0v) is 21.1. The first-order valence-corrected chi connectivity index (χ1v) is 12.7. The van der Waals surface area contributed by atoms with Crippen molar-refractivity contribution in [1.82, 2.24) is 10.6 Å². The van der Waals surface area contributed by atoms with Gasteiger partial charge in [0.2, 0.25) is 5.91 Å². The van der Waals surface area contributed by atoms with Crippen molar-refractivity contribution in [1.29, 1.82) is 0 Å². The molecule has 0 aliphatic heterocycles. The Balaban J connectivity index is 4.65. The van der Waals surface area contributed by atoms with E-state index in [0.717, 1.165) is 51.4 Å². The molecule has 0 aliphatic rings. The number of ketones is 1. The van der Waals surface area contributed by atoms with Crippen LogP contribution in [-0.4, -0.2) is 48.7 Å². The van der Waals surface area contributed by atoms with Crippen molar-refractivity contribution in [2.75, 3.05) is 19.7 Å². The summed E-state index contributed by atoms with van der Waals surface area (Å²) in [5, 5.41) is 14.9. The summed E-state index contributed by atoms with van der Waals surface area (Å²) in [6.07, 6.45) is 6.45. The molecular formula is C25H48N2O5. The topological polar surface area (TPSA) is 105 Å². The predicted molar refractivity (Wildman–Crippen MR) is 128 cm³/mol. The van der Waals surface area contributed by atoms with Gasteiger partial charge in [-0.2, -0.15) is 0 Å². The van der Waals surface area contributed by atoms with Gasteiger partial charge in [-0.15, -0.1) is 0 Å². The Bertz CT molecular complexity index is 486. The Morgan fingerprint density at radius 3 is 1.97 bits per heavy atom. The molecule has 7 nitrogen and oxygen atoms in total. The highest BCUT2D eigenvalue weighted by Gasteiger charge is 2.22. The molecule has 7 heteroatoms. The van der Waals surface area contributed by atoms with Gasteiger partial charge < -0.3 is 20.5 Å². The fourth-order valence-corrected chi connectivity index (χ4v) is 3.84. The van der Waals surface area contributed by atoms with E-state index in [9.17, 15) is 19.5 Å². The van der Waals surface area contributed by atoms with E-state index in [1.54, 1.807) is 0 Å². The minimum atomic E-state index is -0.537. The molecule has 0 saturated carbocycles. The van der Waals surface area contributed by atoms with Gasteiger partial charge in [0.25, 0.3) is 0 Å². The van der Waals surface area contributed by atoms with Gasteiger partial charge in [-0.3, -0.25) is 9.59 Å². The number of ether oxygens (including phenoxy) is 1. The predicted octanol–water partition coefficient (Wildman–Crippen LogP) is 4.61. The molecule has 0 bridgehead atoms. The van der Waals surface area contributed by atoms with Crippen LogP contribution in [-0.2, 0) is 14.3 Å². The Kier molecular flexibility index (Phi) is 17.9. The fraction of sp³-hybridized carbons (Fsp3) is 0.880. The summed E-state index contributed by atoms with van der Waals surface area (Å²) in [5.74, 6) is 0.447. The lowest BCUT2D eigenvalue weighted by Crippen LogP contribution is -2.40. The lowest BCUT2D eigenvalue weighted by Gasteiger charge is -2.21. The van der Waals surface area contributed by atoms with Crippen LogP contribution in [0.5, 0.6) is 0 Å². The van der Waals surface area contributed by atoms with Crippen molar-refractivity contribution < 1.29 is 24.2 Å². The fourth-order valence-electron chi connectivity index (χ4n) is 3.84. The first kappa shape index (κ1) is 30.4. The van der Waals surface area contributed by atoms with Crippen molar-refractivity contribution in [3.63, 3.8) is 0 Å². The van der Waals surface area contributed by atoms with Gasteiger partial charge in [-0.1, -0.05) is 47.5 Å². The third-order valence-corrected chi connectivity index (χ3v) is 6.43. The van der Waals surface area contributed by atoms with E-state index in [4.69, 9.17) is 4.74 Å². The van der Waals surface area contributed by atoms with Crippen LogP contribution in [0.2, 0.25) is 0 Å².